The Bertz CT molecular complexity index is 981. The number of benzene rings is 2. The number of hydrogen-bond donors (Lipinski definition) is 2. The van der Waals surface area contributed by atoms with Crippen LogP contribution in [0.2, 0.25) is 10.0 Å². The summed E-state index contributed by atoms with van der Waals surface area (Å²) in [5, 5.41) is 37.8. The summed E-state index contributed by atoms with van der Waals surface area (Å²) in [7, 11) is 0. The van der Waals surface area contributed by atoms with Gasteiger partial charge in [-0.3, -0.25) is 25.0 Å². The summed E-state index contributed by atoms with van der Waals surface area (Å²) in [5.41, 5.74) is -1.01. The Kier molecular flexibility index (Phi) is 8.92. The van der Waals surface area contributed by atoms with Crippen LogP contribution in [0.5, 0.6) is 0 Å². The fraction of sp³-hybridized carbons (Fsp3) is 0.125. The Morgan fingerprint density at radius 1 is 1.00 bits per heavy atom. The Morgan fingerprint density at radius 3 is 2.03 bits per heavy atom. The first-order chi connectivity index (χ1) is 13.5. The molecule has 0 fully saturated rings. The highest BCUT2D eigenvalue weighted by Crippen LogP contribution is 2.31. The van der Waals surface area contributed by atoms with Gasteiger partial charge in [-0.05, 0) is 35.9 Å². The fourth-order valence-corrected chi connectivity index (χ4v) is 2.70. The van der Waals surface area contributed by atoms with E-state index in [1.54, 1.807) is 0 Å². The van der Waals surface area contributed by atoms with Crippen molar-refractivity contribution in [3.05, 3.63) is 77.3 Å². The van der Waals surface area contributed by atoms with Crippen molar-refractivity contribution in [3.63, 3.8) is 0 Å². The molecule has 154 valence electrons. The molecule has 13 heteroatoms. The second-order valence-electron chi connectivity index (χ2n) is 5.15. The van der Waals surface area contributed by atoms with Crippen molar-refractivity contribution in [3.8, 4) is 0 Å². The van der Waals surface area contributed by atoms with Crippen LogP contribution in [0.25, 0.3) is 0 Å². The number of hydrogen-bond acceptors (Lipinski definition) is 7. The smallest absolute Gasteiger partial charge is 0.336 e. The van der Waals surface area contributed by atoms with Crippen molar-refractivity contribution in [2.75, 3.05) is 6.61 Å². The number of aliphatic hydroxyl groups is 1. The van der Waals surface area contributed by atoms with Gasteiger partial charge in [-0.2, -0.15) is 0 Å². The summed E-state index contributed by atoms with van der Waals surface area (Å²) in [4.78, 5) is 41.1. The highest BCUT2D eigenvalue weighted by Gasteiger charge is 2.24. The second kappa shape index (κ2) is 10.7. The van der Waals surface area contributed by atoms with E-state index in [0.29, 0.717) is 0 Å². The molecule has 0 atom stereocenters. The topological polar surface area (TPSA) is 161 Å². The van der Waals surface area contributed by atoms with E-state index in [9.17, 15) is 29.8 Å². The zero-order chi connectivity index (χ0) is 22.3. The zero-order valence-corrected chi connectivity index (χ0v) is 16.4. The molecule has 2 N–H and O–H groups in total. The first kappa shape index (κ1) is 24.2. The minimum atomic E-state index is -1.29. The number of carbonyl (C=O) groups excluding carboxylic acids is 1. The van der Waals surface area contributed by atoms with Crippen LogP contribution in [0.3, 0.4) is 0 Å². The van der Waals surface area contributed by atoms with E-state index >= 15 is 0 Å². The summed E-state index contributed by atoms with van der Waals surface area (Å²) in [6.45, 7) is -0.387. The average Bonchev–Trinajstić information content (AvgIpc) is 2.62. The van der Waals surface area contributed by atoms with E-state index in [4.69, 9.17) is 45.0 Å². The number of nitrogens with zero attached hydrogens (tertiary/aromatic N) is 2. The molecule has 0 aromatic heterocycles. The molecule has 0 aliphatic rings. The van der Waals surface area contributed by atoms with Gasteiger partial charge in [0.25, 0.3) is 16.6 Å². The normalized spacial score (nSPS) is 9.93. The molecule has 0 aliphatic heterocycles. The quantitative estimate of drug-likeness (QED) is 0.366. The van der Waals surface area contributed by atoms with Gasteiger partial charge >= 0.3 is 5.97 Å². The van der Waals surface area contributed by atoms with Gasteiger partial charge in [-0.1, -0.05) is 23.2 Å². The van der Waals surface area contributed by atoms with Crippen molar-refractivity contribution in [1.82, 2.24) is 0 Å². The second-order valence-corrected chi connectivity index (χ2v) is 6.31. The maximum Gasteiger partial charge on any atom is 0.336 e. The molecule has 0 saturated heterocycles. The molecule has 0 bridgehead atoms. The lowest BCUT2D eigenvalue weighted by Gasteiger charge is -2.06. The van der Waals surface area contributed by atoms with Gasteiger partial charge < -0.3 is 10.2 Å². The molecule has 2 aromatic carbocycles. The lowest BCUT2D eigenvalue weighted by Crippen LogP contribution is -2.08. The monoisotopic (exact) mass is 464 g/mol. The third kappa shape index (κ3) is 6.36. The number of nitro benzene ring substituents is 2. The van der Waals surface area contributed by atoms with Crippen LogP contribution in [0, 0.1) is 20.2 Å². The molecule has 0 aliphatic carbocycles. The summed E-state index contributed by atoms with van der Waals surface area (Å²) >= 11 is 16.2. The molecular formula is C16H11Cl3N2O8. The van der Waals surface area contributed by atoms with E-state index in [2.05, 4.69) is 0 Å². The lowest BCUT2D eigenvalue weighted by molar-refractivity contribution is -0.385. The van der Waals surface area contributed by atoms with Crippen LogP contribution in [0.4, 0.5) is 11.4 Å². The summed E-state index contributed by atoms with van der Waals surface area (Å²) in [6, 6.07) is 5.96. The third-order valence-electron chi connectivity index (χ3n) is 3.38. The molecule has 0 spiro atoms. The Labute approximate surface area is 177 Å². The molecule has 0 radical (unpaired) electrons. The molecule has 0 unspecified atom stereocenters. The van der Waals surface area contributed by atoms with Crippen LogP contribution in [-0.2, 0) is 6.42 Å². The minimum Gasteiger partial charge on any atom is -0.478 e. The van der Waals surface area contributed by atoms with Crippen molar-refractivity contribution in [1.29, 1.82) is 0 Å². The zero-order valence-electron chi connectivity index (χ0n) is 14.2. The maximum atomic E-state index is 10.8. The minimum absolute atomic E-state index is 0.0216. The molecule has 29 heavy (non-hydrogen) atoms. The number of nitro groups is 2. The fourth-order valence-electron chi connectivity index (χ4n) is 2.15. The Hall–Kier alpha value is -2.79. The Balaban J connectivity index is 0.000000296. The molecule has 0 heterocycles. The summed E-state index contributed by atoms with van der Waals surface area (Å²) in [6.07, 6.45) is -0.126. The van der Waals surface area contributed by atoms with Crippen molar-refractivity contribution >= 4 is 57.4 Å². The summed E-state index contributed by atoms with van der Waals surface area (Å²) in [5.74, 6) is -1.29. The van der Waals surface area contributed by atoms with Gasteiger partial charge in [-0.15, -0.1) is 0 Å². The number of aromatic carboxylic acids is 1. The SMILES string of the molecule is O=C(Cl)c1ccc(Cl)c([N+](=O)[O-])c1.O=C(O)c1ccc(Cl)c([N+](=O)[O-])c1CCO. The van der Waals surface area contributed by atoms with Crippen molar-refractivity contribution < 1.29 is 29.6 Å². The molecule has 10 nitrogen and oxygen atoms in total. The van der Waals surface area contributed by atoms with E-state index in [-0.39, 0.29) is 45.5 Å². The first-order valence-electron chi connectivity index (χ1n) is 7.44. The van der Waals surface area contributed by atoms with Crippen molar-refractivity contribution in [2.45, 2.75) is 6.42 Å². The van der Waals surface area contributed by atoms with E-state index < -0.39 is 26.7 Å². The van der Waals surface area contributed by atoms with Gasteiger partial charge in [0.05, 0.1) is 15.4 Å². The number of carbonyl (C=O) groups is 2. The molecule has 0 saturated carbocycles. The first-order valence-corrected chi connectivity index (χ1v) is 8.58. The van der Waals surface area contributed by atoms with Gasteiger partial charge in [-0.25, -0.2) is 4.79 Å². The number of carboxylic acid groups (broad SMARTS) is 1. The Morgan fingerprint density at radius 2 is 1.59 bits per heavy atom. The van der Waals surface area contributed by atoms with E-state index in [0.717, 1.165) is 12.1 Å². The molecule has 2 rings (SSSR count). The molecule has 0 amide bonds. The van der Waals surface area contributed by atoms with Gasteiger partial charge in [0.15, 0.2) is 0 Å². The van der Waals surface area contributed by atoms with Crippen LogP contribution in [0.15, 0.2) is 30.3 Å². The highest BCUT2D eigenvalue weighted by molar-refractivity contribution is 6.67. The molecule has 2 aromatic rings. The van der Waals surface area contributed by atoms with Crippen molar-refractivity contribution in [2.24, 2.45) is 0 Å². The highest BCUT2D eigenvalue weighted by atomic mass is 35.5. The third-order valence-corrected chi connectivity index (χ3v) is 4.22. The summed E-state index contributed by atoms with van der Waals surface area (Å²) < 4.78 is 0. The van der Waals surface area contributed by atoms with Gasteiger partial charge in [0, 0.05) is 30.2 Å². The number of aliphatic hydroxyl groups excluding tert-OH is 1. The predicted molar refractivity (Wildman–Crippen MR) is 104 cm³/mol. The average molecular weight is 466 g/mol. The van der Waals surface area contributed by atoms with E-state index in [1.807, 2.05) is 0 Å². The standard InChI is InChI=1S/C9H8ClNO5.C7H3Cl2NO3/c10-7-2-1-6(9(13)14)5(3-4-12)8(7)11(15)16;8-5-2-1-4(7(9)11)3-6(5)10(12)13/h1-2,12H,3-4H2,(H,13,14);1-3H. The maximum absolute atomic E-state index is 10.8. The predicted octanol–water partition coefficient (Wildman–Crippen LogP) is 4.11. The van der Waals surface area contributed by atoms with Crippen LogP contribution < -0.4 is 0 Å². The van der Waals surface area contributed by atoms with Crippen LogP contribution in [-0.4, -0.2) is 37.9 Å². The number of halogens is 3. The lowest BCUT2D eigenvalue weighted by atomic mass is 10.0. The van der Waals surface area contributed by atoms with Crippen LogP contribution in [0.1, 0.15) is 26.3 Å². The van der Waals surface area contributed by atoms with Gasteiger partial charge in [0.2, 0.25) is 0 Å². The van der Waals surface area contributed by atoms with E-state index in [1.165, 1.54) is 18.2 Å². The van der Waals surface area contributed by atoms with Crippen LogP contribution >= 0.6 is 34.8 Å². The van der Waals surface area contributed by atoms with Gasteiger partial charge in [0.1, 0.15) is 10.0 Å². The number of rotatable bonds is 6. The molecular weight excluding hydrogens is 455 g/mol. The largest absolute Gasteiger partial charge is 0.478 e. The number of carboxylic acids is 1.